The van der Waals surface area contributed by atoms with Crippen LogP contribution in [-0.2, 0) is 10.8 Å². The van der Waals surface area contributed by atoms with Crippen LogP contribution in [0.5, 0.6) is 11.5 Å². The zero-order valence-electron chi connectivity index (χ0n) is 16.6. The van der Waals surface area contributed by atoms with Crippen LogP contribution in [0.3, 0.4) is 0 Å². The molecule has 0 amide bonds. The maximum Gasteiger partial charge on any atom is 0.196 e. The van der Waals surface area contributed by atoms with Crippen LogP contribution in [0.4, 0.5) is 0 Å². The number of phenols is 1. The Kier molecular flexibility index (Phi) is 4.17. The van der Waals surface area contributed by atoms with Crippen molar-refractivity contribution in [3.05, 3.63) is 41.5 Å². The highest BCUT2D eigenvalue weighted by atomic mass is 16.5. The van der Waals surface area contributed by atoms with E-state index in [-0.39, 0.29) is 28.5 Å². The first-order chi connectivity index (χ1) is 11.9. The molecule has 1 aliphatic heterocycles. The van der Waals surface area contributed by atoms with E-state index in [9.17, 15) is 9.90 Å². The first-order valence-corrected chi connectivity index (χ1v) is 9.02. The van der Waals surface area contributed by atoms with Crippen molar-refractivity contribution in [2.75, 3.05) is 0 Å². The van der Waals surface area contributed by atoms with Crippen molar-refractivity contribution >= 4 is 5.78 Å². The molecule has 1 aromatic carbocycles. The van der Waals surface area contributed by atoms with E-state index in [1.807, 2.05) is 33.8 Å². The minimum Gasteiger partial charge on any atom is -0.507 e. The van der Waals surface area contributed by atoms with Gasteiger partial charge in [0.05, 0.1) is 6.33 Å². The summed E-state index contributed by atoms with van der Waals surface area (Å²) in [4.78, 5) is 17.5. The maximum absolute atomic E-state index is 13.4. The summed E-state index contributed by atoms with van der Waals surface area (Å²) in [5, 5.41) is 11.0. The van der Waals surface area contributed by atoms with Crippen molar-refractivity contribution in [2.24, 2.45) is 0 Å². The van der Waals surface area contributed by atoms with Crippen LogP contribution in [-0.4, -0.2) is 26.5 Å². The number of Topliss-reactive ketones (excluding diaryl/α,β-unsaturated/α-hetero) is 1. The Balaban J connectivity index is 2.30. The quantitative estimate of drug-likeness (QED) is 0.823. The molecule has 0 radical (unpaired) electrons. The van der Waals surface area contributed by atoms with Gasteiger partial charge in [0.15, 0.2) is 5.78 Å². The lowest BCUT2D eigenvalue weighted by Crippen LogP contribution is -2.38. The van der Waals surface area contributed by atoms with E-state index in [0.29, 0.717) is 11.3 Å². The second kappa shape index (κ2) is 5.86. The lowest BCUT2D eigenvalue weighted by atomic mass is 9.76. The fourth-order valence-corrected chi connectivity index (χ4v) is 3.56. The number of fused-ring (bicyclic) bond motifs is 1. The van der Waals surface area contributed by atoms with Gasteiger partial charge in [0.25, 0.3) is 0 Å². The smallest absolute Gasteiger partial charge is 0.196 e. The van der Waals surface area contributed by atoms with Crippen LogP contribution >= 0.6 is 0 Å². The molecule has 2 heterocycles. The largest absolute Gasteiger partial charge is 0.507 e. The van der Waals surface area contributed by atoms with Crippen molar-refractivity contribution in [3.63, 3.8) is 0 Å². The van der Waals surface area contributed by atoms with Gasteiger partial charge in [0, 0.05) is 23.5 Å². The van der Waals surface area contributed by atoms with Gasteiger partial charge in [-0.15, -0.1) is 0 Å². The summed E-state index contributed by atoms with van der Waals surface area (Å²) in [7, 11) is 0. The number of nitrogens with zero attached hydrogens (tertiary/aromatic N) is 2. The number of phenolic OH excluding ortho intramolecular Hbond substituents is 1. The summed E-state index contributed by atoms with van der Waals surface area (Å²) in [6, 6.07) is 1.45. The van der Waals surface area contributed by atoms with Gasteiger partial charge >= 0.3 is 0 Å². The van der Waals surface area contributed by atoms with E-state index >= 15 is 0 Å². The van der Waals surface area contributed by atoms with Gasteiger partial charge in [0.1, 0.15) is 29.2 Å². The van der Waals surface area contributed by atoms with Gasteiger partial charge < -0.3 is 14.4 Å². The fraction of sp³-hybridized carbons (Fsp3) is 0.524. The van der Waals surface area contributed by atoms with Gasteiger partial charge in [-0.25, -0.2) is 4.98 Å². The second-order valence-electron chi connectivity index (χ2n) is 9.17. The molecular weight excluding hydrogens is 328 g/mol. The molecule has 1 N–H and O–H groups in total. The predicted molar refractivity (Wildman–Crippen MR) is 101 cm³/mol. The summed E-state index contributed by atoms with van der Waals surface area (Å²) in [6.07, 6.45) is 4.65. The summed E-state index contributed by atoms with van der Waals surface area (Å²) in [5.41, 5.74) is 1.47. The third kappa shape index (κ3) is 2.89. The number of carbonyl (C=O) groups excluding carboxylic acids is 1. The number of hydrogen-bond donors (Lipinski definition) is 1. The van der Waals surface area contributed by atoms with E-state index in [1.165, 1.54) is 0 Å². The van der Waals surface area contributed by atoms with E-state index in [4.69, 9.17) is 4.74 Å². The molecule has 2 unspecified atom stereocenters. The Morgan fingerprint density at radius 3 is 2.23 bits per heavy atom. The van der Waals surface area contributed by atoms with Crippen LogP contribution in [0, 0.1) is 0 Å². The first-order valence-electron chi connectivity index (χ1n) is 9.02. The molecule has 0 saturated heterocycles. The van der Waals surface area contributed by atoms with Crippen LogP contribution in [0.1, 0.15) is 76.0 Å². The lowest BCUT2D eigenvalue weighted by Gasteiger charge is -2.37. The lowest BCUT2D eigenvalue weighted by molar-refractivity contribution is 0.0706. The summed E-state index contributed by atoms with van der Waals surface area (Å²) in [5.74, 6) is 0.408. The number of aromatic hydroxyl groups is 1. The molecule has 1 aliphatic rings. The average molecular weight is 356 g/mol. The Bertz CT molecular complexity index is 840. The van der Waals surface area contributed by atoms with Crippen LogP contribution in [0.15, 0.2) is 24.8 Å². The molecule has 5 heteroatoms. The minimum atomic E-state index is -0.543. The number of imidazole rings is 1. The number of aromatic nitrogens is 2. The number of carbonyl (C=O) groups is 1. The SMILES string of the molecule is CC1Oc2c(C(C)(C)C)cc(C(C)(C)C)c(O)c2C(=O)C1n1ccnc1. The van der Waals surface area contributed by atoms with Crippen molar-refractivity contribution < 1.29 is 14.6 Å². The number of benzene rings is 1. The molecule has 3 rings (SSSR count). The van der Waals surface area contributed by atoms with Gasteiger partial charge in [-0.05, 0) is 23.8 Å². The summed E-state index contributed by atoms with van der Waals surface area (Å²) >= 11 is 0. The zero-order chi connectivity index (χ0) is 19.4. The van der Waals surface area contributed by atoms with E-state index in [0.717, 1.165) is 11.1 Å². The van der Waals surface area contributed by atoms with Crippen LogP contribution < -0.4 is 4.74 Å². The highest BCUT2D eigenvalue weighted by Gasteiger charge is 2.42. The molecule has 140 valence electrons. The Morgan fingerprint density at radius 1 is 1.12 bits per heavy atom. The van der Waals surface area contributed by atoms with Gasteiger partial charge in [-0.3, -0.25) is 4.79 Å². The van der Waals surface area contributed by atoms with E-state index in [1.54, 1.807) is 23.3 Å². The molecule has 0 aliphatic carbocycles. The summed E-state index contributed by atoms with van der Waals surface area (Å²) < 4.78 is 7.96. The predicted octanol–water partition coefficient (Wildman–Crippen LogP) is 4.39. The highest BCUT2D eigenvalue weighted by Crippen LogP contribution is 2.48. The average Bonchev–Trinajstić information content (AvgIpc) is 2.98. The molecule has 26 heavy (non-hydrogen) atoms. The maximum atomic E-state index is 13.4. The van der Waals surface area contributed by atoms with Crippen molar-refractivity contribution in [1.82, 2.24) is 9.55 Å². The normalized spacial score (nSPS) is 20.7. The molecule has 1 aromatic heterocycles. The van der Waals surface area contributed by atoms with Crippen LogP contribution in [0.2, 0.25) is 0 Å². The number of hydrogen-bond acceptors (Lipinski definition) is 4. The molecule has 5 nitrogen and oxygen atoms in total. The molecule has 2 aromatic rings. The monoisotopic (exact) mass is 356 g/mol. The zero-order valence-corrected chi connectivity index (χ0v) is 16.6. The van der Waals surface area contributed by atoms with E-state index in [2.05, 4.69) is 25.8 Å². The topological polar surface area (TPSA) is 64.3 Å². The van der Waals surface area contributed by atoms with Gasteiger partial charge in [-0.2, -0.15) is 0 Å². The number of rotatable bonds is 1. The third-order valence-corrected chi connectivity index (χ3v) is 4.98. The molecule has 0 spiro atoms. The molecular formula is C21H28N2O3. The Morgan fingerprint density at radius 2 is 1.73 bits per heavy atom. The standard InChI is InChI=1S/C21H28N2O3/c1-12-16(23-9-8-22-11-23)18(25)15-17(24)13(20(2,3)4)10-14(19(15)26-12)21(5,6)7/h8-12,16,24H,1-7H3. The molecule has 0 fully saturated rings. The summed E-state index contributed by atoms with van der Waals surface area (Å²) in [6.45, 7) is 14.2. The Hall–Kier alpha value is -2.30. The third-order valence-electron chi connectivity index (χ3n) is 4.98. The molecule has 2 atom stereocenters. The number of ether oxygens (including phenoxy) is 1. The Labute approximate surface area is 155 Å². The first kappa shape index (κ1) is 18.5. The van der Waals surface area contributed by atoms with Crippen molar-refractivity contribution in [1.29, 1.82) is 0 Å². The minimum absolute atomic E-state index is 0.0301. The number of ketones is 1. The van der Waals surface area contributed by atoms with Crippen molar-refractivity contribution in [3.8, 4) is 11.5 Å². The molecule has 0 bridgehead atoms. The second-order valence-corrected chi connectivity index (χ2v) is 9.17. The van der Waals surface area contributed by atoms with Crippen molar-refractivity contribution in [2.45, 2.75) is 71.4 Å². The molecule has 0 saturated carbocycles. The fourth-order valence-electron chi connectivity index (χ4n) is 3.56. The van der Waals surface area contributed by atoms with Gasteiger partial charge in [-0.1, -0.05) is 41.5 Å². The highest BCUT2D eigenvalue weighted by molar-refractivity contribution is 6.06. The van der Waals surface area contributed by atoms with Crippen LogP contribution in [0.25, 0.3) is 0 Å². The van der Waals surface area contributed by atoms with Gasteiger partial charge in [0.2, 0.25) is 0 Å². The van der Waals surface area contributed by atoms with E-state index < -0.39 is 6.04 Å².